The quantitative estimate of drug-likeness (QED) is 0.710. The van der Waals surface area contributed by atoms with Crippen LogP contribution in [0.5, 0.6) is 17.2 Å². The van der Waals surface area contributed by atoms with Crippen LogP contribution in [0.25, 0.3) is 0 Å². The molecule has 2 aromatic carbocycles. The summed E-state index contributed by atoms with van der Waals surface area (Å²) in [6.07, 6.45) is 2.29. The van der Waals surface area contributed by atoms with Gasteiger partial charge in [-0.05, 0) is 80.5 Å². The molecule has 2 aliphatic heterocycles. The lowest BCUT2D eigenvalue weighted by molar-refractivity contribution is 0.0483. The molecule has 4 rings (SSSR count). The lowest BCUT2D eigenvalue weighted by atomic mass is 9.95. The van der Waals surface area contributed by atoms with Gasteiger partial charge >= 0.3 is 0 Å². The number of nitrogens with two attached hydrogens (primary N) is 1. The number of likely N-dealkylation sites (tertiary alicyclic amines) is 1. The van der Waals surface area contributed by atoms with E-state index in [0.29, 0.717) is 17.6 Å². The molecule has 30 heavy (non-hydrogen) atoms. The van der Waals surface area contributed by atoms with Crippen LogP contribution in [0, 0.1) is 5.92 Å². The van der Waals surface area contributed by atoms with Gasteiger partial charge in [0, 0.05) is 18.8 Å². The number of ether oxygens (including phenoxy) is 3. The topological polar surface area (TPSA) is 60.2 Å². The number of rotatable bonds is 6. The molecule has 2 N–H and O–H groups in total. The van der Waals surface area contributed by atoms with Gasteiger partial charge in [0.25, 0.3) is 0 Å². The third kappa shape index (κ3) is 4.96. The summed E-state index contributed by atoms with van der Waals surface area (Å²) in [5.74, 6) is 3.06. The van der Waals surface area contributed by atoms with Crippen LogP contribution >= 0.6 is 12.2 Å². The molecule has 2 aliphatic rings. The minimum atomic E-state index is 0.0730. The first-order valence-electron chi connectivity index (χ1n) is 10.4. The Morgan fingerprint density at radius 1 is 1.13 bits per heavy atom. The predicted octanol–water partition coefficient (Wildman–Crippen LogP) is 3.30. The van der Waals surface area contributed by atoms with Crippen LogP contribution in [0.4, 0.5) is 5.69 Å². The fourth-order valence-electron chi connectivity index (χ4n) is 4.14. The first-order valence-corrected chi connectivity index (χ1v) is 10.8. The van der Waals surface area contributed by atoms with Gasteiger partial charge in [0.15, 0.2) is 16.6 Å². The number of benzene rings is 2. The van der Waals surface area contributed by atoms with E-state index in [0.717, 1.165) is 62.0 Å². The Bertz CT molecular complexity index is 853. The van der Waals surface area contributed by atoms with Crippen LogP contribution in [0.2, 0.25) is 0 Å². The van der Waals surface area contributed by atoms with Crippen molar-refractivity contribution in [1.82, 2.24) is 4.90 Å². The van der Waals surface area contributed by atoms with Crippen molar-refractivity contribution >= 4 is 23.0 Å². The monoisotopic (exact) mass is 427 g/mol. The number of para-hydroxylation sites is 2. The van der Waals surface area contributed by atoms with Gasteiger partial charge in [0.05, 0.1) is 7.11 Å². The Balaban J connectivity index is 1.28. The molecule has 2 heterocycles. The zero-order valence-corrected chi connectivity index (χ0v) is 18.1. The van der Waals surface area contributed by atoms with E-state index >= 15 is 0 Å². The van der Waals surface area contributed by atoms with Crippen LogP contribution in [0.1, 0.15) is 12.8 Å². The van der Waals surface area contributed by atoms with Crippen LogP contribution in [-0.4, -0.2) is 56.0 Å². The molecule has 0 bridgehead atoms. The maximum atomic E-state index is 6.12. The standard InChI is InChI=1S/C23H29N3O3S/c1-27-19-8-6-18(7-9-19)26(23(24)30)14-17-10-12-25(13-11-17)15-20-16-28-21-4-2-3-5-22(21)29-20/h2-9,17,20H,10-16H2,1H3,(H2,24,30). The molecule has 0 saturated carbocycles. The van der Waals surface area contributed by atoms with Crippen molar-refractivity contribution in [3.05, 3.63) is 48.5 Å². The molecule has 6 nitrogen and oxygen atoms in total. The lowest BCUT2D eigenvalue weighted by Crippen LogP contribution is -2.46. The number of fused-ring (bicyclic) bond motifs is 1. The van der Waals surface area contributed by atoms with Gasteiger partial charge in [-0.1, -0.05) is 12.1 Å². The second-order valence-electron chi connectivity index (χ2n) is 7.89. The molecule has 1 atom stereocenters. The molecule has 1 unspecified atom stereocenters. The molecule has 160 valence electrons. The molecule has 7 heteroatoms. The molecular formula is C23H29N3O3S. The van der Waals surface area contributed by atoms with Crippen LogP contribution < -0.4 is 24.8 Å². The zero-order valence-electron chi connectivity index (χ0n) is 17.3. The van der Waals surface area contributed by atoms with Crippen LogP contribution in [0.15, 0.2) is 48.5 Å². The van der Waals surface area contributed by atoms with Crippen LogP contribution in [0.3, 0.4) is 0 Å². The summed E-state index contributed by atoms with van der Waals surface area (Å²) in [6, 6.07) is 15.8. The first-order chi connectivity index (χ1) is 14.6. The summed E-state index contributed by atoms with van der Waals surface area (Å²) in [5, 5.41) is 0.411. The summed E-state index contributed by atoms with van der Waals surface area (Å²) in [6.45, 7) is 4.41. The second kappa shape index (κ2) is 9.53. The molecule has 1 fully saturated rings. The average molecular weight is 428 g/mol. The van der Waals surface area contributed by atoms with E-state index < -0.39 is 0 Å². The highest BCUT2D eigenvalue weighted by molar-refractivity contribution is 7.80. The maximum absolute atomic E-state index is 6.12. The smallest absolute Gasteiger partial charge is 0.170 e. The van der Waals surface area contributed by atoms with E-state index in [-0.39, 0.29) is 6.10 Å². The number of hydrogen-bond acceptors (Lipinski definition) is 5. The van der Waals surface area contributed by atoms with E-state index in [1.165, 1.54) is 0 Å². The number of piperidine rings is 1. The molecule has 0 amide bonds. The molecule has 1 saturated heterocycles. The number of methoxy groups -OCH3 is 1. The summed E-state index contributed by atoms with van der Waals surface area (Å²) in [5.41, 5.74) is 7.04. The van der Waals surface area contributed by atoms with Crippen molar-refractivity contribution < 1.29 is 14.2 Å². The molecular weight excluding hydrogens is 398 g/mol. The minimum Gasteiger partial charge on any atom is -0.497 e. The third-order valence-electron chi connectivity index (χ3n) is 5.83. The van der Waals surface area contributed by atoms with Crippen molar-refractivity contribution in [2.24, 2.45) is 11.7 Å². The molecule has 0 aliphatic carbocycles. The average Bonchev–Trinajstić information content (AvgIpc) is 2.78. The molecule has 0 aromatic heterocycles. The van der Waals surface area contributed by atoms with Crippen molar-refractivity contribution in [3.63, 3.8) is 0 Å². The van der Waals surface area contributed by atoms with E-state index in [1.807, 2.05) is 53.4 Å². The van der Waals surface area contributed by atoms with Gasteiger partial charge < -0.3 is 24.8 Å². The maximum Gasteiger partial charge on any atom is 0.170 e. The lowest BCUT2D eigenvalue weighted by Gasteiger charge is -2.37. The number of thiocarbonyl (C=S) groups is 1. The minimum absolute atomic E-state index is 0.0730. The van der Waals surface area contributed by atoms with Gasteiger partial charge in [-0.15, -0.1) is 0 Å². The fourth-order valence-corrected chi connectivity index (χ4v) is 4.32. The summed E-state index contributed by atoms with van der Waals surface area (Å²) >= 11 is 5.32. The highest BCUT2D eigenvalue weighted by atomic mass is 32.1. The number of nitrogens with zero attached hydrogens (tertiary/aromatic N) is 2. The van der Waals surface area contributed by atoms with Crippen molar-refractivity contribution in [2.45, 2.75) is 18.9 Å². The van der Waals surface area contributed by atoms with Crippen molar-refractivity contribution in [3.8, 4) is 17.2 Å². The summed E-state index contributed by atoms with van der Waals surface area (Å²) in [4.78, 5) is 4.50. The van der Waals surface area contributed by atoms with Gasteiger partial charge in [-0.2, -0.15) is 0 Å². The van der Waals surface area contributed by atoms with Gasteiger partial charge in [0.2, 0.25) is 0 Å². The van der Waals surface area contributed by atoms with E-state index in [4.69, 9.17) is 32.2 Å². The van der Waals surface area contributed by atoms with E-state index in [1.54, 1.807) is 7.11 Å². The molecule has 2 aromatic rings. The highest BCUT2D eigenvalue weighted by Crippen LogP contribution is 2.31. The zero-order chi connectivity index (χ0) is 20.9. The Morgan fingerprint density at radius 2 is 1.83 bits per heavy atom. The number of hydrogen-bond donors (Lipinski definition) is 1. The Labute approximate surface area is 183 Å². The molecule has 0 radical (unpaired) electrons. The normalized spacial score (nSPS) is 19.3. The molecule has 0 spiro atoms. The number of anilines is 1. The fraction of sp³-hybridized carbons (Fsp3) is 0.435. The Kier molecular flexibility index (Phi) is 6.59. The third-order valence-corrected chi connectivity index (χ3v) is 6.05. The Morgan fingerprint density at radius 3 is 2.50 bits per heavy atom. The van der Waals surface area contributed by atoms with E-state index in [9.17, 15) is 0 Å². The summed E-state index contributed by atoms with van der Waals surface area (Å²) in [7, 11) is 1.66. The SMILES string of the molecule is COc1ccc(N(CC2CCN(CC3COc4ccccc4O3)CC2)C(N)=S)cc1. The van der Waals surface area contributed by atoms with Crippen molar-refractivity contribution in [2.75, 3.05) is 44.8 Å². The van der Waals surface area contributed by atoms with Crippen molar-refractivity contribution in [1.29, 1.82) is 0 Å². The largest absolute Gasteiger partial charge is 0.497 e. The highest BCUT2D eigenvalue weighted by Gasteiger charge is 2.27. The Hall–Kier alpha value is -2.51. The van der Waals surface area contributed by atoms with Crippen LogP contribution in [-0.2, 0) is 0 Å². The second-order valence-corrected chi connectivity index (χ2v) is 8.31. The first kappa shape index (κ1) is 20.8. The van der Waals surface area contributed by atoms with Gasteiger partial charge in [-0.25, -0.2) is 0 Å². The van der Waals surface area contributed by atoms with E-state index in [2.05, 4.69) is 4.90 Å². The van der Waals surface area contributed by atoms with Gasteiger partial charge in [-0.3, -0.25) is 4.90 Å². The summed E-state index contributed by atoms with van der Waals surface area (Å²) < 4.78 is 17.2. The predicted molar refractivity (Wildman–Crippen MR) is 123 cm³/mol. The van der Waals surface area contributed by atoms with Gasteiger partial charge in [0.1, 0.15) is 18.5 Å².